The summed E-state index contributed by atoms with van der Waals surface area (Å²) in [6.07, 6.45) is 0. The third-order valence-electron chi connectivity index (χ3n) is 9.55. The highest BCUT2D eigenvalue weighted by Crippen LogP contribution is 2.39. The molecule has 0 amide bonds. The van der Waals surface area contributed by atoms with Gasteiger partial charge in [-0.1, -0.05) is 151 Å². The van der Waals surface area contributed by atoms with Gasteiger partial charge in [0.1, 0.15) is 11.2 Å². The molecule has 11 rings (SSSR count). The minimum atomic E-state index is -0.877. The summed E-state index contributed by atoms with van der Waals surface area (Å²) in [5, 5.41) is 1.01. The fraction of sp³-hybridized carbons (Fsp3) is 0. The molecule has 56 heavy (non-hydrogen) atoms. The summed E-state index contributed by atoms with van der Waals surface area (Å²) < 4.78 is 151. The molecule has 0 spiro atoms. The molecule has 0 bridgehead atoms. The lowest BCUT2D eigenvalue weighted by molar-refractivity contribution is 0.669. The quantitative estimate of drug-likeness (QED) is 0.171. The van der Waals surface area contributed by atoms with Crippen LogP contribution in [0.1, 0.15) is 21.9 Å². The van der Waals surface area contributed by atoms with Gasteiger partial charge in [-0.15, -0.1) is 0 Å². The summed E-state index contributed by atoms with van der Waals surface area (Å²) in [7, 11) is 0. The molecule has 3 heterocycles. The summed E-state index contributed by atoms with van der Waals surface area (Å²) in [6.45, 7) is 0. The molecule has 0 atom stereocenters. The van der Waals surface area contributed by atoms with Gasteiger partial charge >= 0.3 is 0 Å². The fourth-order valence-corrected chi connectivity index (χ4v) is 6.93. The molecule has 0 radical (unpaired) electrons. The van der Waals surface area contributed by atoms with Crippen molar-refractivity contribution in [3.05, 3.63) is 194 Å². The van der Waals surface area contributed by atoms with Crippen molar-refractivity contribution < 1.29 is 26.3 Å². The fourth-order valence-electron chi connectivity index (χ4n) is 6.93. The van der Waals surface area contributed by atoms with Crippen molar-refractivity contribution in [3.8, 4) is 62.1 Å². The maximum Gasteiger partial charge on any atom is 0.166 e. The van der Waals surface area contributed by atoms with Gasteiger partial charge in [0, 0.05) is 43.9 Å². The molecule has 0 saturated carbocycles. The van der Waals surface area contributed by atoms with Crippen molar-refractivity contribution in [2.24, 2.45) is 0 Å². The van der Waals surface area contributed by atoms with E-state index in [2.05, 4.69) is 0 Å². The standard InChI is InChI=1S/C51H32N4O/c1-3-12-33(13-4-1)35-22-24-37(25-23-35)49-52-50(38-28-31-42-41-17-8-10-21-46(41)56-47(42)32-38)54-51(53-49)44-19-11-18-43-40-16-7-9-20-45(40)55(48(43)44)39-29-26-36(27-30-39)34-14-5-2-6-15-34/h1-32H/i2D,5D,6D,7D,9D,11D,14D,15D,16D,18D,19D,20D,26D,27D,29D,30D. The third kappa shape index (κ3) is 5.37. The SMILES string of the molecule is [2H]c1c([2H])c([2H])c(-c2c([2H])c([2H])c(-n3c4c([2H])c([2H])c([2H])c([2H])c4c4c([2H])c([2H])c([2H])c(-c5nc(-c6ccc(-c7ccccc7)cc6)nc(-c6ccc7c(c6)oc6ccccc67)n5)c43)c([2H])c2[2H])c([2H])c1[2H]. The van der Waals surface area contributed by atoms with Gasteiger partial charge in [-0.2, -0.15) is 0 Å². The van der Waals surface area contributed by atoms with E-state index in [1.165, 1.54) is 0 Å². The van der Waals surface area contributed by atoms with Crippen LogP contribution in [-0.2, 0) is 0 Å². The topological polar surface area (TPSA) is 56.7 Å². The van der Waals surface area contributed by atoms with E-state index >= 15 is 0 Å². The summed E-state index contributed by atoms with van der Waals surface area (Å²) in [5.74, 6) is -0.161. The van der Waals surface area contributed by atoms with Crippen molar-refractivity contribution in [1.82, 2.24) is 19.5 Å². The van der Waals surface area contributed by atoms with E-state index in [0.717, 1.165) is 26.5 Å². The number of hydrogen-bond donors (Lipinski definition) is 0. The number of benzene rings is 8. The van der Waals surface area contributed by atoms with Gasteiger partial charge in [-0.05, 0) is 64.6 Å². The van der Waals surface area contributed by atoms with E-state index in [1.807, 2.05) is 72.8 Å². The highest BCUT2D eigenvalue weighted by Gasteiger charge is 2.21. The lowest BCUT2D eigenvalue weighted by Gasteiger charge is -2.13. The molecule has 0 aliphatic rings. The Labute approximate surface area is 345 Å². The van der Waals surface area contributed by atoms with E-state index in [4.69, 9.17) is 29.0 Å². The van der Waals surface area contributed by atoms with Crippen molar-refractivity contribution >= 4 is 43.7 Å². The molecule has 3 aromatic heterocycles. The number of rotatable bonds is 6. The summed E-state index contributed by atoms with van der Waals surface area (Å²) >= 11 is 0. The molecular weight excluding hydrogens is 685 g/mol. The molecule has 5 heteroatoms. The van der Waals surface area contributed by atoms with Gasteiger partial charge in [-0.25, -0.2) is 15.0 Å². The highest BCUT2D eigenvalue weighted by atomic mass is 16.3. The first-order valence-electron chi connectivity index (χ1n) is 25.5. The number of fused-ring (bicyclic) bond motifs is 6. The Morgan fingerprint density at radius 2 is 1.04 bits per heavy atom. The van der Waals surface area contributed by atoms with Crippen LogP contribution in [0, 0.1) is 0 Å². The predicted octanol–water partition coefficient (Wildman–Crippen LogP) is 13.2. The number of hydrogen-bond acceptors (Lipinski definition) is 4. The smallest absolute Gasteiger partial charge is 0.166 e. The number of furan rings is 1. The van der Waals surface area contributed by atoms with E-state index in [1.54, 1.807) is 24.3 Å². The second-order valence-electron chi connectivity index (χ2n) is 12.8. The van der Waals surface area contributed by atoms with Crippen LogP contribution >= 0.6 is 0 Å². The second-order valence-corrected chi connectivity index (χ2v) is 12.8. The number of nitrogens with zero attached hydrogens (tertiary/aromatic N) is 4. The number of aromatic nitrogens is 4. The lowest BCUT2D eigenvalue weighted by Crippen LogP contribution is -2.02. The van der Waals surface area contributed by atoms with Crippen LogP contribution in [0.25, 0.3) is 106 Å². The van der Waals surface area contributed by atoms with Gasteiger partial charge in [-0.3, -0.25) is 0 Å². The Bertz CT molecular complexity index is 4120. The van der Waals surface area contributed by atoms with Crippen molar-refractivity contribution in [1.29, 1.82) is 0 Å². The summed E-state index contributed by atoms with van der Waals surface area (Å²) in [6, 6.07) is 17.5. The van der Waals surface area contributed by atoms with Gasteiger partial charge in [0.25, 0.3) is 0 Å². The minimum absolute atomic E-state index is 0.0534. The zero-order valence-corrected chi connectivity index (χ0v) is 28.9. The van der Waals surface area contributed by atoms with E-state index in [0.29, 0.717) is 22.3 Å². The zero-order valence-electron chi connectivity index (χ0n) is 44.9. The summed E-state index contributed by atoms with van der Waals surface area (Å²) in [5.41, 5.74) is 0.864. The molecule has 262 valence electrons. The van der Waals surface area contributed by atoms with Crippen LogP contribution < -0.4 is 0 Å². The largest absolute Gasteiger partial charge is 0.456 e. The molecule has 8 aromatic carbocycles. The van der Waals surface area contributed by atoms with Crippen LogP contribution in [0.2, 0.25) is 0 Å². The van der Waals surface area contributed by atoms with Crippen molar-refractivity contribution in [2.75, 3.05) is 0 Å². The van der Waals surface area contributed by atoms with E-state index < -0.39 is 119 Å². The number of para-hydroxylation sites is 3. The Hall–Kier alpha value is -7.63. The van der Waals surface area contributed by atoms with Crippen LogP contribution in [0.15, 0.2) is 198 Å². The van der Waals surface area contributed by atoms with Gasteiger partial charge in [0.15, 0.2) is 17.5 Å². The van der Waals surface area contributed by atoms with Gasteiger partial charge < -0.3 is 8.98 Å². The third-order valence-corrected chi connectivity index (χ3v) is 9.55. The molecule has 5 nitrogen and oxygen atoms in total. The first-order valence-corrected chi connectivity index (χ1v) is 17.5. The van der Waals surface area contributed by atoms with Crippen LogP contribution in [0.5, 0.6) is 0 Å². The Morgan fingerprint density at radius 1 is 0.411 bits per heavy atom. The Balaban J connectivity index is 1.27. The average Bonchev–Trinajstić information content (AvgIpc) is 3.94. The van der Waals surface area contributed by atoms with Gasteiger partial charge in [0.05, 0.1) is 33.0 Å². The Kier molecular flexibility index (Phi) is 4.57. The molecule has 0 N–H and O–H groups in total. The molecule has 0 aliphatic heterocycles. The minimum Gasteiger partial charge on any atom is -0.456 e. The first kappa shape index (κ1) is 19.6. The van der Waals surface area contributed by atoms with Gasteiger partial charge in [0.2, 0.25) is 0 Å². The summed E-state index contributed by atoms with van der Waals surface area (Å²) in [4.78, 5) is 14.7. The monoisotopic (exact) mass is 732 g/mol. The normalized spacial score (nSPS) is 15.6. The van der Waals surface area contributed by atoms with Crippen molar-refractivity contribution in [2.45, 2.75) is 0 Å². The molecule has 0 unspecified atom stereocenters. The molecular formula is C51H32N4O. The zero-order chi connectivity index (χ0) is 50.9. The lowest BCUT2D eigenvalue weighted by atomic mass is 10.0. The van der Waals surface area contributed by atoms with E-state index in [-0.39, 0.29) is 39.3 Å². The van der Waals surface area contributed by atoms with Crippen LogP contribution in [-0.4, -0.2) is 19.5 Å². The second kappa shape index (κ2) is 13.0. The molecule has 11 aromatic rings. The van der Waals surface area contributed by atoms with Crippen molar-refractivity contribution in [3.63, 3.8) is 0 Å². The predicted molar refractivity (Wildman–Crippen MR) is 229 cm³/mol. The maximum atomic E-state index is 9.60. The average molecular weight is 733 g/mol. The molecule has 0 fully saturated rings. The Morgan fingerprint density at radius 3 is 1.88 bits per heavy atom. The molecule has 0 aliphatic carbocycles. The highest BCUT2D eigenvalue weighted by molar-refractivity contribution is 6.13. The van der Waals surface area contributed by atoms with Crippen LogP contribution in [0.3, 0.4) is 0 Å². The molecule has 0 saturated heterocycles. The first-order chi connectivity index (χ1) is 34.4. The van der Waals surface area contributed by atoms with Crippen LogP contribution in [0.4, 0.5) is 0 Å². The maximum absolute atomic E-state index is 9.60. The van der Waals surface area contributed by atoms with E-state index in [9.17, 15) is 12.3 Å².